The molecule has 96 valence electrons. The Labute approximate surface area is 108 Å². The van der Waals surface area contributed by atoms with Gasteiger partial charge in [0.05, 0.1) is 16.7 Å². The molecule has 0 aliphatic carbocycles. The largest absolute Gasteiger partial charge is 0.344 e. The van der Waals surface area contributed by atoms with Crippen LogP contribution in [0.25, 0.3) is 10.8 Å². The van der Waals surface area contributed by atoms with Crippen LogP contribution in [0.2, 0.25) is 0 Å². The molecule has 0 spiro atoms. The number of thiazole rings is 1. The van der Waals surface area contributed by atoms with E-state index in [1.165, 1.54) is 18.3 Å². The minimum atomic E-state index is -0.661. The molecule has 7 heteroatoms. The van der Waals surface area contributed by atoms with Crippen molar-refractivity contribution in [1.82, 2.24) is 20.4 Å². The molecule has 0 bridgehead atoms. The summed E-state index contributed by atoms with van der Waals surface area (Å²) in [6.07, 6.45) is 0. The van der Waals surface area contributed by atoms with Gasteiger partial charge in [-0.25, -0.2) is 4.98 Å². The van der Waals surface area contributed by atoms with Gasteiger partial charge in [0.2, 0.25) is 5.91 Å². The maximum absolute atomic E-state index is 11.1. The lowest BCUT2D eigenvalue weighted by molar-refractivity contribution is -0.120. The minimum absolute atomic E-state index is 0.139. The molecule has 0 aromatic carbocycles. The van der Waals surface area contributed by atoms with E-state index in [0.29, 0.717) is 11.7 Å². The normalized spacial score (nSPS) is 11.6. The maximum atomic E-state index is 11.1. The van der Waals surface area contributed by atoms with Crippen LogP contribution in [-0.2, 0) is 10.3 Å². The molecule has 0 radical (unpaired) electrons. The highest BCUT2D eigenvalue weighted by molar-refractivity contribution is 7.13. The SMILES string of the molecule is CC(=O)NC(C)(C)c1noc(-c2scnc2C)n1. The van der Waals surface area contributed by atoms with Crippen LogP contribution in [0.3, 0.4) is 0 Å². The summed E-state index contributed by atoms with van der Waals surface area (Å²) < 4.78 is 5.22. The van der Waals surface area contributed by atoms with Crippen LogP contribution in [0, 0.1) is 6.92 Å². The van der Waals surface area contributed by atoms with Crippen LogP contribution >= 0.6 is 11.3 Å². The first-order valence-electron chi connectivity index (χ1n) is 5.43. The van der Waals surface area contributed by atoms with Gasteiger partial charge in [0.1, 0.15) is 4.88 Å². The Morgan fingerprint density at radius 2 is 2.22 bits per heavy atom. The van der Waals surface area contributed by atoms with Crippen molar-refractivity contribution in [3.05, 3.63) is 17.0 Å². The summed E-state index contributed by atoms with van der Waals surface area (Å²) in [6, 6.07) is 0. The maximum Gasteiger partial charge on any atom is 0.270 e. The fourth-order valence-electron chi connectivity index (χ4n) is 1.57. The molecule has 0 fully saturated rings. The Kier molecular flexibility index (Phi) is 3.16. The zero-order valence-corrected chi connectivity index (χ0v) is 11.5. The van der Waals surface area contributed by atoms with Gasteiger partial charge < -0.3 is 9.84 Å². The fraction of sp³-hybridized carbons (Fsp3) is 0.455. The lowest BCUT2D eigenvalue weighted by atomic mass is 10.1. The number of carbonyl (C=O) groups excluding carboxylic acids is 1. The Bertz CT molecular complexity index is 573. The van der Waals surface area contributed by atoms with Gasteiger partial charge in [0.25, 0.3) is 5.89 Å². The van der Waals surface area contributed by atoms with E-state index in [0.717, 1.165) is 10.6 Å². The fourth-order valence-corrected chi connectivity index (χ4v) is 2.30. The van der Waals surface area contributed by atoms with Gasteiger partial charge in [-0.1, -0.05) is 5.16 Å². The number of nitrogens with one attached hydrogen (secondary N) is 1. The molecule has 1 amide bonds. The number of rotatable bonds is 3. The summed E-state index contributed by atoms with van der Waals surface area (Å²) in [6.45, 7) is 6.98. The van der Waals surface area contributed by atoms with Gasteiger partial charge in [-0.05, 0) is 20.8 Å². The third-order valence-electron chi connectivity index (χ3n) is 2.41. The van der Waals surface area contributed by atoms with Crippen molar-refractivity contribution >= 4 is 17.2 Å². The van der Waals surface area contributed by atoms with E-state index >= 15 is 0 Å². The van der Waals surface area contributed by atoms with Gasteiger partial charge in [0, 0.05) is 6.92 Å². The van der Waals surface area contributed by atoms with Crippen molar-refractivity contribution in [2.75, 3.05) is 0 Å². The molecular weight excluding hydrogens is 252 g/mol. The summed E-state index contributed by atoms with van der Waals surface area (Å²) >= 11 is 1.45. The second-order valence-electron chi connectivity index (χ2n) is 4.50. The van der Waals surface area contributed by atoms with Crippen molar-refractivity contribution in [2.24, 2.45) is 0 Å². The molecule has 2 aromatic rings. The van der Waals surface area contributed by atoms with Crippen LogP contribution in [-0.4, -0.2) is 21.0 Å². The molecule has 0 saturated heterocycles. The van der Waals surface area contributed by atoms with Crippen molar-refractivity contribution in [3.63, 3.8) is 0 Å². The summed E-state index contributed by atoms with van der Waals surface area (Å²) in [5.74, 6) is 0.740. The number of carbonyl (C=O) groups is 1. The Balaban J connectivity index is 2.31. The highest BCUT2D eigenvalue weighted by atomic mass is 32.1. The standard InChI is InChI=1S/C11H14N4O2S/c1-6-8(18-5-12-6)9-13-10(15-17-9)11(3,4)14-7(2)16/h5H,1-4H3,(H,14,16). The Hall–Kier alpha value is -1.76. The smallest absolute Gasteiger partial charge is 0.270 e. The number of aromatic nitrogens is 3. The molecule has 1 N–H and O–H groups in total. The Morgan fingerprint density at radius 3 is 2.78 bits per heavy atom. The first kappa shape index (κ1) is 12.7. The van der Waals surface area contributed by atoms with E-state index in [-0.39, 0.29) is 5.91 Å². The molecule has 6 nitrogen and oxygen atoms in total. The van der Waals surface area contributed by atoms with Gasteiger partial charge in [0.15, 0.2) is 5.82 Å². The number of nitrogens with zero attached hydrogens (tertiary/aromatic N) is 3. The highest BCUT2D eigenvalue weighted by Gasteiger charge is 2.28. The first-order valence-corrected chi connectivity index (χ1v) is 6.31. The average Bonchev–Trinajstić information content (AvgIpc) is 2.83. The molecule has 0 saturated carbocycles. The molecule has 0 unspecified atom stereocenters. The molecule has 2 rings (SSSR count). The van der Waals surface area contributed by atoms with E-state index in [2.05, 4.69) is 20.4 Å². The molecule has 2 aromatic heterocycles. The summed E-state index contributed by atoms with van der Waals surface area (Å²) in [7, 11) is 0. The lowest BCUT2D eigenvalue weighted by Gasteiger charge is -2.20. The number of amides is 1. The number of hydrogen-bond acceptors (Lipinski definition) is 6. The summed E-state index contributed by atoms with van der Waals surface area (Å²) in [5.41, 5.74) is 1.92. The van der Waals surface area contributed by atoms with Gasteiger partial charge in [-0.2, -0.15) is 4.98 Å². The molecule has 0 atom stereocenters. The van der Waals surface area contributed by atoms with Crippen LogP contribution in [0.1, 0.15) is 32.3 Å². The van der Waals surface area contributed by atoms with E-state index in [1.54, 1.807) is 5.51 Å². The van der Waals surface area contributed by atoms with Gasteiger partial charge >= 0.3 is 0 Å². The molecule has 0 aliphatic rings. The van der Waals surface area contributed by atoms with Crippen molar-refractivity contribution in [2.45, 2.75) is 33.2 Å². The predicted octanol–water partition coefficient (Wildman–Crippen LogP) is 1.87. The van der Waals surface area contributed by atoms with Crippen molar-refractivity contribution in [1.29, 1.82) is 0 Å². The second-order valence-corrected chi connectivity index (χ2v) is 5.35. The minimum Gasteiger partial charge on any atom is -0.344 e. The molecule has 18 heavy (non-hydrogen) atoms. The van der Waals surface area contributed by atoms with Crippen molar-refractivity contribution in [3.8, 4) is 10.8 Å². The highest BCUT2D eigenvalue weighted by Crippen LogP contribution is 2.27. The topological polar surface area (TPSA) is 80.9 Å². The molecule has 2 heterocycles. The summed E-state index contributed by atoms with van der Waals surface area (Å²) in [5, 5.41) is 6.69. The monoisotopic (exact) mass is 266 g/mol. The van der Waals surface area contributed by atoms with E-state index in [4.69, 9.17) is 4.52 Å². The van der Waals surface area contributed by atoms with E-state index < -0.39 is 5.54 Å². The lowest BCUT2D eigenvalue weighted by Crippen LogP contribution is -2.40. The zero-order valence-electron chi connectivity index (χ0n) is 10.6. The Morgan fingerprint density at radius 1 is 1.50 bits per heavy atom. The van der Waals surface area contributed by atoms with E-state index in [9.17, 15) is 4.79 Å². The predicted molar refractivity (Wildman–Crippen MR) is 67.0 cm³/mol. The summed E-state index contributed by atoms with van der Waals surface area (Å²) in [4.78, 5) is 20.4. The second kappa shape index (κ2) is 4.49. The van der Waals surface area contributed by atoms with Crippen molar-refractivity contribution < 1.29 is 9.32 Å². The van der Waals surface area contributed by atoms with Crippen LogP contribution < -0.4 is 5.32 Å². The van der Waals surface area contributed by atoms with Crippen LogP contribution in [0.5, 0.6) is 0 Å². The molecule has 0 aliphatic heterocycles. The first-order chi connectivity index (χ1) is 8.40. The number of hydrogen-bond donors (Lipinski definition) is 1. The van der Waals surface area contributed by atoms with E-state index in [1.807, 2.05) is 20.8 Å². The van der Waals surface area contributed by atoms with Gasteiger partial charge in [-0.15, -0.1) is 11.3 Å². The average molecular weight is 266 g/mol. The quantitative estimate of drug-likeness (QED) is 0.917. The third-order valence-corrected chi connectivity index (χ3v) is 3.33. The zero-order chi connectivity index (χ0) is 13.3. The van der Waals surface area contributed by atoms with Crippen LogP contribution in [0.4, 0.5) is 0 Å². The molecular formula is C11H14N4O2S. The van der Waals surface area contributed by atoms with Gasteiger partial charge in [-0.3, -0.25) is 4.79 Å². The van der Waals surface area contributed by atoms with Crippen LogP contribution in [0.15, 0.2) is 10.0 Å². The number of aryl methyl sites for hydroxylation is 1. The third kappa shape index (κ3) is 2.40.